The van der Waals surface area contributed by atoms with Crippen LogP contribution in [0.5, 0.6) is 0 Å². The van der Waals surface area contributed by atoms with Gasteiger partial charge in [0.1, 0.15) is 5.82 Å². The number of hydrogen-bond donors (Lipinski definition) is 2. The van der Waals surface area contributed by atoms with E-state index in [9.17, 15) is 14.3 Å². The summed E-state index contributed by atoms with van der Waals surface area (Å²) >= 11 is 0. The van der Waals surface area contributed by atoms with Crippen LogP contribution < -0.4 is 5.73 Å². The quantitative estimate of drug-likeness (QED) is 0.691. The van der Waals surface area contributed by atoms with Gasteiger partial charge in [-0.25, -0.2) is 4.39 Å². The van der Waals surface area contributed by atoms with E-state index < -0.39 is 18.1 Å². The molecule has 0 bridgehead atoms. The molecule has 0 radical (unpaired) electrons. The lowest BCUT2D eigenvalue weighted by molar-refractivity contribution is -0.137. The number of nitrogens with two attached hydrogens (primary N) is 1. The molecule has 3 atom stereocenters. The number of nitrogens with zero attached hydrogens (tertiary/aromatic N) is 1. The maximum Gasteiger partial charge on any atom is 0.227 e. The van der Waals surface area contributed by atoms with Crippen LogP contribution in [0.15, 0.2) is 54.6 Å². The van der Waals surface area contributed by atoms with Gasteiger partial charge in [-0.15, -0.1) is 12.4 Å². The van der Waals surface area contributed by atoms with Crippen molar-refractivity contribution >= 4 is 18.3 Å². The Bertz CT molecular complexity index is 725. The molecule has 0 aliphatic rings. The molecule has 0 saturated carbocycles. The molecule has 6 heteroatoms. The van der Waals surface area contributed by atoms with E-state index in [4.69, 9.17) is 5.73 Å². The Hall–Kier alpha value is -1.95. The molecule has 28 heavy (non-hydrogen) atoms. The minimum Gasteiger partial charge on any atom is -0.387 e. The van der Waals surface area contributed by atoms with Crippen LogP contribution in [0.25, 0.3) is 0 Å². The van der Waals surface area contributed by atoms with E-state index >= 15 is 0 Å². The molecule has 0 spiro atoms. The third kappa shape index (κ3) is 6.59. The molecule has 3 N–H and O–H groups in total. The van der Waals surface area contributed by atoms with Crippen molar-refractivity contribution in [1.29, 1.82) is 0 Å². The van der Waals surface area contributed by atoms with Crippen LogP contribution in [0.2, 0.25) is 0 Å². The summed E-state index contributed by atoms with van der Waals surface area (Å²) in [5.74, 6) is -0.634. The average Bonchev–Trinajstić information content (AvgIpc) is 2.66. The fourth-order valence-corrected chi connectivity index (χ4v) is 3.10. The second-order valence-electron chi connectivity index (χ2n) is 7.43. The molecular formula is C22H30ClFN2O2. The Morgan fingerprint density at radius 2 is 1.57 bits per heavy atom. The summed E-state index contributed by atoms with van der Waals surface area (Å²) in [4.78, 5) is 14.7. The summed E-state index contributed by atoms with van der Waals surface area (Å²) in [6.45, 7) is 6.52. The monoisotopic (exact) mass is 408 g/mol. The summed E-state index contributed by atoms with van der Waals surface area (Å²) in [7, 11) is 0. The average molecular weight is 409 g/mol. The first-order valence-electron chi connectivity index (χ1n) is 9.32. The SMILES string of the molecule is CC(C)CN(CC(O)c1ccc(F)cc1)C(=O)C(C)C(N)c1ccccc1.Cl. The fraction of sp³-hybridized carbons (Fsp3) is 0.409. The highest BCUT2D eigenvalue weighted by Gasteiger charge is 2.28. The Balaban J connectivity index is 0.00000392. The van der Waals surface area contributed by atoms with Gasteiger partial charge in [0.15, 0.2) is 0 Å². The van der Waals surface area contributed by atoms with E-state index in [-0.39, 0.29) is 36.6 Å². The lowest BCUT2D eigenvalue weighted by atomic mass is 9.93. The van der Waals surface area contributed by atoms with E-state index in [0.717, 1.165) is 5.56 Å². The van der Waals surface area contributed by atoms with E-state index in [2.05, 4.69) is 0 Å². The zero-order chi connectivity index (χ0) is 20.0. The van der Waals surface area contributed by atoms with Gasteiger partial charge in [0.2, 0.25) is 5.91 Å². The smallest absolute Gasteiger partial charge is 0.227 e. The van der Waals surface area contributed by atoms with Crippen molar-refractivity contribution in [2.45, 2.75) is 32.9 Å². The standard InChI is InChI=1S/C22H29FN2O2.ClH/c1-15(2)13-25(14-20(26)17-9-11-19(23)12-10-17)22(27)16(3)21(24)18-7-5-4-6-8-18;/h4-12,15-16,20-21,26H,13-14,24H2,1-3H3;1H. The van der Waals surface area contributed by atoms with Gasteiger partial charge in [-0.3, -0.25) is 4.79 Å². The molecule has 3 unspecified atom stereocenters. The molecule has 2 aromatic carbocycles. The summed E-state index contributed by atoms with van der Waals surface area (Å²) < 4.78 is 13.1. The van der Waals surface area contributed by atoms with E-state index in [1.54, 1.807) is 4.90 Å². The molecule has 1 amide bonds. The van der Waals surface area contributed by atoms with Gasteiger partial charge in [0.05, 0.1) is 18.6 Å². The maximum absolute atomic E-state index is 13.1. The second-order valence-corrected chi connectivity index (χ2v) is 7.43. The van der Waals surface area contributed by atoms with Gasteiger partial charge < -0.3 is 15.7 Å². The number of benzene rings is 2. The fourth-order valence-electron chi connectivity index (χ4n) is 3.10. The molecule has 4 nitrogen and oxygen atoms in total. The number of hydrogen-bond acceptors (Lipinski definition) is 3. The third-order valence-corrected chi connectivity index (χ3v) is 4.66. The zero-order valence-electron chi connectivity index (χ0n) is 16.6. The molecule has 2 aromatic rings. The van der Waals surface area contributed by atoms with Crippen molar-refractivity contribution in [3.8, 4) is 0 Å². The molecule has 0 aromatic heterocycles. The van der Waals surface area contributed by atoms with Crippen molar-refractivity contribution in [3.05, 3.63) is 71.5 Å². The normalized spacial score (nSPS) is 14.1. The van der Waals surface area contributed by atoms with Crippen LogP contribution in [0, 0.1) is 17.7 Å². The van der Waals surface area contributed by atoms with Crippen LogP contribution in [-0.4, -0.2) is 29.0 Å². The number of carbonyl (C=O) groups is 1. The number of rotatable bonds is 8. The van der Waals surface area contributed by atoms with Gasteiger partial charge in [0.25, 0.3) is 0 Å². The van der Waals surface area contributed by atoms with Crippen molar-refractivity contribution in [3.63, 3.8) is 0 Å². The largest absolute Gasteiger partial charge is 0.387 e. The third-order valence-electron chi connectivity index (χ3n) is 4.66. The predicted octanol–water partition coefficient (Wildman–Crippen LogP) is 4.10. The van der Waals surface area contributed by atoms with Crippen molar-refractivity contribution in [2.24, 2.45) is 17.6 Å². The van der Waals surface area contributed by atoms with Crippen LogP contribution in [0.3, 0.4) is 0 Å². The summed E-state index contributed by atoms with van der Waals surface area (Å²) in [6.07, 6.45) is -0.881. The number of amides is 1. The van der Waals surface area contributed by atoms with E-state index in [1.807, 2.05) is 51.1 Å². The minimum atomic E-state index is -0.881. The lowest BCUT2D eigenvalue weighted by Gasteiger charge is -2.31. The van der Waals surface area contributed by atoms with Crippen LogP contribution in [0.1, 0.15) is 44.0 Å². The first kappa shape index (κ1) is 24.1. The Morgan fingerprint density at radius 1 is 1.00 bits per heavy atom. The van der Waals surface area contributed by atoms with Gasteiger partial charge in [-0.1, -0.05) is 63.2 Å². The molecule has 0 aliphatic heterocycles. The van der Waals surface area contributed by atoms with Crippen molar-refractivity contribution in [2.75, 3.05) is 13.1 Å². The lowest BCUT2D eigenvalue weighted by Crippen LogP contribution is -2.43. The van der Waals surface area contributed by atoms with Crippen LogP contribution in [-0.2, 0) is 4.79 Å². The van der Waals surface area contributed by atoms with Gasteiger partial charge in [0, 0.05) is 12.6 Å². The summed E-state index contributed by atoms with van der Waals surface area (Å²) in [5, 5.41) is 10.5. The second kappa shape index (κ2) is 11.1. The number of halogens is 2. The van der Waals surface area contributed by atoms with Gasteiger partial charge >= 0.3 is 0 Å². The van der Waals surface area contributed by atoms with Gasteiger partial charge in [-0.2, -0.15) is 0 Å². The first-order valence-corrected chi connectivity index (χ1v) is 9.32. The van der Waals surface area contributed by atoms with E-state index in [1.165, 1.54) is 24.3 Å². The van der Waals surface area contributed by atoms with Crippen molar-refractivity contribution in [1.82, 2.24) is 4.90 Å². The topological polar surface area (TPSA) is 66.6 Å². The maximum atomic E-state index is 13.1. The molecule has 0 saturated heterocycles. The highest BCUT2D eigenvalue weighted by molar-refractivity contribution is 5.85. The summed E-state index contributed by atoms with van der Waals surface area (Å²) in [6, 6.07) is 14.8. The van der Waals surface area contributed by atoms with E-state index in [0.29, 0.717) is 12.1 Å². The van der Waals surface area contributed by atoms with Crippen molar-refractivity contribution < 1.29 is 14.3 Å². The Labute approximate surface area is 173 Å². The first-order chi connectivity index (χ1) is 12.8. The number of aliphatic hydroxyl groups excluding tert-OH is 1. The molecule has 0 heterocycles. The summed E-state index contributed by atoms with van der Waals surface area (Å²) in [5.41, 5.74) is 7.80. The van der Waals surface area contributed by atoms with Gasteiger partial charge in [-0.05, 0) is 29.2 Å². The minimum absolute atomic E-state index is 0. The predicted molar refractivity (Wildman–Crippen MR) is 113 cm³/mol. The molecule has 154 valence electrons. The molecule has 0 aliphatic carbocycles. The molecule has 2 rings (SSSR count). The molecular weight excluding hydrogens is 379 g/mol. The zero-order valence-corrected chi connectivity index (χ0v) is 17.4. The van der Waals surface area contributed by atoms with Crippen LogP contribution >= 0.6 is 12.4 Å². The Morgan fingerprint density at radius 3 is 2.11 bits per heavy atom. The molecule has 0 fully saturated rings. The van der Waals surface area contributed by atoms with Crippen LogP contribution in [0.4, 0.5) is 4.39 Å². The highest BCUT2D eigenvalue weighted by atomic mass is 35.5. The highest BCUT2D eigenvalue weighted by Crippen LogP contribution is 2.23. The number of carbonyl (C=O) groups excluding carboxylic acids is 1. The number of aliphatic hydroxyl groups is 1. The Kier molecular flexibility index (Phi) is 9.59.